The Morgan fingerprint density at radius 3 is 1.03 bits per heavy atom. The first-order chi connectivity index (χ1) is 50.6. The number of ether oxygens (including phenoxy) is 17. The van der Waals surface area contributed by atoms with Crippen molar-refractivity contribution in [1.29, 1.82) is 0 Å². The van der Waals surface area contributed by atoms with E-state index < -0.39 is 117 Å². The number of rotatable bonds is 30. The standard InChI is InChI=1S/C84H118O21/c1-17-62-47(5)52(10)71(104-82-72(53(11)48(6)63(18-2)95-82)101-77(87)60-38-29-23-30-39-60)80(94-62)92-45-66-51(9)56(14)70(100-76(86)59-36-27-22-28-37-59)79(98-66)93-46-67-57(15)69(75(91-44-58-34-25-21-26-35-58)81(99-67)90-43-33-42-68(85)89-16)103-84-74(55(13)50(8)65(20-4)97-84)105-83-73(54(12)49(7)64(19-3)96-83)102-78(88)61-40-31-24-32-41-61/h21-32,34-41,47-57,62-67,69-75,79-84H,17-20,33,42-46H2,1-16H3/t47-,48-,49-,50-,51-,52+,53+,54+,55+,56+,57+,62?,63?,64?,65?,66?,67?,69+,70?,71?,72?,73?,74?,75?,79-,80-,81-,82+,83+,84+/m1/s1. The highest BCUT2D eigenvalue weighted by Gasteiger charge is 2.56. The maximum atomic E-state index is 14.3. The van der Waals surface area contributed by atoms with Gasteiger partial charge in [-0.2, -0.15) is 0 Å². The third-order valence-electron chi connectivity index (χ3n) is 24.0. The molecule has 4 aromatic carbocycles. The minimum Gasteiger partial charge on any atom is -0.469 e. The fourth-order valence-electron chi connectivity index (χ4n) is 16.0. The molecule has 0 aliphatic carbocycles. The quantitative estimate of drug-likeness (QED) is 0.0269. The molecule has 21 nitrogen and oxygen atoms in total. The van der Waals surface area contributed by atoms with Crippen molar-refractivity contribution in [3.63, 3.8) is 0 Å². The summed E-state index contributed by atoms with van der Waals surface area (Å²) in [5, 5.41) is 0. The highest BCUT2D eigenvalue weighted by atomic mass is 16.8. The Balaban J connectivity index is 0.957. The van der Waals surface area contributed by atoms with Crippen molar-refractivity contribution >= 4 is 23.9 Å². The number of carbonyl (C=O) groups is 4. The molecule has 4 aromatic rings. The lowest BCUT2D eigenvalue weighted by atomic mass is 9.81. The molecule has 0 bridgehead atoms. The van der Waals surface area contributed by atoms with E-state index in [0.29, 0.717) is 42.4 Å². The van der Waals surface area contributed by atoms with Gasteiger partial charge >= 0.3 is 23.9 Å². The van der Waals surface area contributed by atoms with E-state index in [2.05, 4.69) is 83.1 Å². The molecular weight excluding hydrogens is 1340 g/mol. The van der Waals surface area contributed by atoms with Crippen LogP contribution in [0.15, 0.2) is 121 Å². The monoisotopic (exact) mass is 1460 g/mol. The van der Waals surface area contributed by atoms with Gasteiger partial charge in [-0.1, -0.05) is 189 Å². The summed E-state index contributed by atoms with van der Waals surface area (Å²) in [6, 6.07) is 36.5. The van der Waals surface area contributed by atoms with Crippen LogP contribution in [0.1, 0.15) is 179 Å². The second-order valence-corrected chi connectivity index (χ2v) is 30.3. The van der Waals surface area contributed by atoms with Crippen LogP contribution in [0, 0.1) is 65.1 Å². The lowest BCUT2D eigenvalue weighted by molar-refractivity contribution is -0.376. The van der Waals surface area contributed by atoms with E-state index in [1.54, 1.807) is 60.7 Å². The Morgan fingerprint density at radius 2 is 0.629 bits per heavy atom. The zero-order chi connectivity index (χ0) is 75.2. The maximum absolute atomic E-state index is 14.3. The van der Waals surface area contributed by atoms with Crippen LogP contribution in [0.3, 0.4) is 0 Å². The molecule has 6 aliphatic rings. The summed E-state index contributed by atoms with van der Waals surface area (Å²) in [7, 11) is 1.35. The molecule has 0 radical (unpaired) electrons. The smallest absolute Gasteiger partial charge is 0.338 e. The molecule has 30 atom stereocenters. The molecule has 0 saturated carbocycles. The Bertz CT molecular complexity index is 3300. The molecule has 0 aromatic heterocycles. The van der Waals surface area contributed by atoms with Crippen molar-refractivity contribution < 1.29 is 99.7 Å². The molecule has 0 spiro atoms. The fraction of sp³-hybridized carbons (Fsp3) is 0.667. The highest BCUT2D eigenvalue weighted by molar-refractivity contribution is 5.90. The average Bonchev–Trinajstić information content (AvgIpc) is 0.762. The van der Waals surface area contributed by atoms with Gasteiger partial charge in [0.2, 0.25) is 0 Å². The van der Waals surface area contributed by atoms with Crippen molar-refractivity contribution in [2.45, 2.75) is 266 Å². The molecule has 105 heavy (non-hydrogen) atoms. The van der Waals surface area contributed by atoms with Gasteiger partial charge in [0.25, 0.3) is 0 Å². The van der Waals surface area contributed by atoms with Crippen LogP contribution < -0.4 is 0 Å². The summed E-state index contributed by atoms with van der Waals surface area (Å²) < 4.78 is 116. The van der Waals surface area contributed by atoms with Gasteiger partial charge in [0, 0.05) is 30.1 Å². The van der Waals surface area contributed by atoms with Crippen molar-refractivity contribution in [2.75, 3.05) is 26.9 Å². The first-order valence-corrected chi connectivity index (χ1v) is 38.8. The Morgan fingerprint density at radius 1 is 0.324 bits per heavy atom. The molecule has 21 heteroatoms. The molecule has 6 saturated heterocycles. The summed E-state index contributed by atoms with van der Waals surface area (Å²) in [5.74, 6) is -3.55. The second-order valence-electron chi connectivity index (χ2n) is 30.3. The van der Waals surface area contributed by atoms with E-state index in [0.717, 1.165) is 12.0 Å². The third kappa shape index (κ3) is 19.8. The molecule has 6 aliphatic heterocycles. The topological polar surface area (TPSA) is 225 Å². The van der Waals surface area contributed by atoms with Crippen molar-refractivity contribution in [3.05, 3.63) is 144 Å². The molecule has 6 heterocycles. The normalized spacial score (nSPS) is 37.9. The minimum absolute atomic E-state index is 0.00960. The molecule has 10 rings (SSSR count). The van der Waals surface area contributed by atoms with Crippen LogP contribution in [0.5, 0.6) is 0 Å². The Kier molecular flexibility index (Phi) is 30.0. The van der Waals surface area contributed by atoms with Crippen LogP contribution in [0.4, 0.5) is 0 Å². The predicted octanol–water partition coefficient (Wildman–Crippen LogP) is 14.4. The van der Waals surface area contributed by atoms with E-state index in [1.165, 1.54) is 7.11 Å². The van der Waals surface area contributed by atoms with Gasteiger partial charge in [-0.25, -0.2) is 14.4 Å². The zero-order valence-corrected chi connectivity index (χ0v) is 64.5. The van der Waals surface area contributed by atoms with Crippen LogP contribution in [0.25, 0.3) is 0 Å². The van der Waals surface area contributed by atoms with Crippen LogP contribution in [-0.4, -0.2) is 168 Å². The number of hydrogen-bond donors (Lipinski definition) is 0. The molecule has 12 unspecified atom stereocenters. The van der Waals surface area contributed by atoms with E-state index in [-0.39, 0.29) is 122 Å². The SMILES string of the molecule is CCC1O[C@@H](OCC2O[C@@H](OCC3O[C@@H](OCCCC(=O)OC)C(OCc4ccccc4)[C@@H](O[C@@H]4OC(CC)[C@H](C)[C@H](C)C4O[C@@H]4OC(CC)[C@H](C)[C@H](C)C4OC(=O)c4ccccc4)[C@H]3C)C(OC(=O)c3ccccc3)[C@@H](C)[C@H]2C)C(O[C@@H]2OC(CC)[C@H](C)[C@H](C)C2OC(=O)c2ccccc2)[C@@H](C)[C@H]1C. The zero-order valence-electron chi connectivity index (χ0n) is 64.5. The third-order valence-corrected chi connectivity index (χ3v) is 24.0. The number of methoxy groups -OCH3 is 1. The van der Waals surface area contributed by atoms with Crippen LogP contribution >= 0.6 is 0 Å². The highest BCUT2D eigenvalue weighted by Crippen LogP contribution is 2.45. The minimum atomic E-state index is -1.19. The molecule has 0 N–H and O–H groups in total. The lowest BCUT2D eigenvalue weighted by Crippen LogP contribution is -2.62. The van der Waals surface area contributed by atoms with E-state index in [9.17, 15) is 19.2 Å². The van der Waals surface area contributed by atoms with Crippen molar-refractivity contribution in [2.24, 2.45) is 65.1 Å². The van der Waals surface area contributed by atoms with Gasteiger partial charge in [-0.05, 0) is 115 Å². The van der Waals surface area contributed by atoms with Crippen molar-refractivity contribution in [1.82, 2.24) is 0 Å². The molecule has 580 valence electrons. The Labute approximate surface area is 622 Å². The fourth-order valence-corrected chi connectivity index (χ4v) is 16.0. The van der Waals surface area contributed by atoms with Crippen LogP contribution in [-0.2, 0) is 91.9 Å². The van der Waals surface area contributed by atoms with E-state index >= 15 is 0 Å². The summed E-state index contributed by atoms with van der Waals surface area (Å²) in [6.07, 6.45) is -11.0. The first-order valence-electron chi connectivity index (χ1n) is 38.8. The van der Waals surface area contributed by atoms with Gasteiger partial charge < -0.3 is 80.5 Å². The van der Waals surface area contributed by atoms with E-state index in [4.69, 9.17) is 80.5 Å². The molecular formula is C84H118O21. The van der Waals surface area contributed by atoms with Gasteiger partial charge in [0.1, 0.15) is 18.3 Å². The predicted molar refractivity (Wildman–Crippen MR) is 390 cm³/mol. The van der Waals surface area contributed by atoms with Crippen molar-refractivity contribution in [3.8, 4) is 0 Å². The number of hydrogen-bond acceptors (Lipinski definition) is 21. The van der Waals surface area contributed by atoms with Gasteiger partial charge in [0.05, 0.1) is 93.0 Å². The largest absolute Gasteiger partial charge is 0.469 e. The Hall–Kier alpha value is -5.76. The first kappa shape index (κ1) is 81.8. The lowest BCUT2D eigenvalue weighted by Gasteiger charge is -2.51. The number of esters is 4. The van der Waals surface area contributed by atoms with E-state index in [1.807, 2.05) is 81.4 Å². The molecule has 6 fully saturated rings. The number of benzene rings is 4. The van der Waals surface area contributed by atoms with Crippen LogP contribution in [0.2, 0.25) is 0 Å². The second kappa shape index (κ2) is 38.5. The summed E-state index contributed by atoms with van der Waals surface area (Å²) in [4.78, 5) is 54.8. The van der Waals surface area contributed by atoms with Gasteiger partial charge in [-0.3, -0.25) is 4.79 Å². The number of carbonyl (C=O) groups excluding carboxylic acids is 4. The maximum Gasteiger partial charge on any atom is 0.338 e. The van der Waals surface area contributed by atoms with Gasteiger partial charge in [0.15, 0.2) is 56.1 Å². The van der Waals surface area contributed by atoms with Gasteiger partial charge in [-0.15, -0.1) is 0 Å². The summed E-state index contributed by atoms with van der Waals surface area (Å²) in [5.41, 5.74) is 2.09. The average molecular weight is 1460 g/mol. The molecule has 0 amide bonds. The summed E-state index contributed by atoms with van der Waals surface area (Å²) >= 11 is 0. The summed E-state index contributed by atoms with van der Waals surface area (Å²) in [6.45, 7) is 31.5.